The molecular formula is C17H15ClN4O4S. The van der Waals surface area contributed by atoms with Crippen molar-refractivity contribution in [1.29, 1.82) is 0 Å². The molecule has 4 N–H and O–H groups in total. The maximum absolute atomic E-state index is 12.3. The molecule has 0 aliphatic carbocycles. The van der Waals surface area contributed by atoms with Gasteiger partial charge in [0.25, 0.3) is 5.91 Å². The van der Waals surface area contributed by atoms with E-state index >= 15 is 0 Å². The van der Waals surface area contributed by atoms with Gasteiger partial charge in [0, 0.05) is 28.5 Å². The Labute approximate surface area is 162 Å². The molecule has 2 aliphatic rings. The average molecular weight is 407 g/mol. The number of hydrogen-bond acceptors (Lipinski definition) is 5. The molecule has 1 saturated heterocycles. The summed E-state index contributed by atoms with van der Waals surface area (Å²) in [5.74, 6) is -1.77. The standard InChI is InChI=1S/C17H15ClN4O4S/c18-10-7-27-16-13(15(24)22(16)14(10)17(25)26)21-12(23)6-20-9-1-2-11-8(5-9)3-4-19-11/h1-5,13,16,19-20H,6-7H2,(H,21,23)(H,25,26)/t13?,16-/m0/s1. The van der Waals surface area contributed by atoms with Gasteiger partial charge in [-0.3, -0.25) is 14.5 Å². The van der Waals surface area contributed by atoms with Crippen molar-refractivity contribution < 1.29 is 19.5 Å². The van der Waals surface area contributed by atoms with E-state index in [0.29, 0.717) is 5.75 Å². The molecule has 2 aromatic rings. The second-order valence-electron chi connectivity index (χ2n) is 6.15. The zero-order chi connectivity index (χ0) is 19.1. The SMILES string of the molecule is O=C(CNc1ccc2[nH]ccc2c1)NC1C(=O)N2C(C(=O)O)=C(Cl)CS[C@@H]12. The average Bonchev–Trinajstić information content (AvgIpc) is 3.11. The molecule has 2 aliphatic heterocycles. The number of aliphatic carboxylic acids is 1. The molecule has 3 heterocycles. The van der Waals surface area contributed by atoms with Crippen LogP contribution in [-0.4, -0.2) is 56.5 Å². The van der Waals surface area contributed by atoms with E-state index < -0.39 is 23.3 Å². The molecule has 4 rings (SSSR count). The highest BCUT2D eigenvalue weighted by molar-refractivity contribution is 8.00. The van der Waals surface area contributed by atoms with Crippen LogP contribution < -0.4 is 10.6 Å². The van der Waals surface area contributed by atoms with Crippen molar-refractivity contribution >= 4 is 57.7 Å². The summed E-state index contributed by atoms with van der Waals surface area (Å²) in [5.41, 5.74) is 1.59. The van der Waals surface area contributed by atoms with Crippen LogP contribution >= 0.6 is 23.4 Å². The number of thioether (sulfide) groups is 1. The number of halogens is 1. The van der Waals surface area contributed by atoms with Crippen molar-refractivity contribution in [2.45, 2.75) is 11.4 Å². The Morgan fingerprint density at radius 1 is 1.37 bits per heavy atom. The summed E-state index contributed by atoms with van der Waals surface area (Å²) >= 11 is 7.25. The minimum absolute atomic E-state index is 0.000517. The van der Waals surface area contributed by atoms with Crippen LogP contribution in [0.1, 0.15) is 0 Å². The number of aromatic amines is 1. The number of nitrogens with one attached hydrogen (secondary N) is 3. The Kier molecular flexibility index (Phi) is 4.48. The van der Waals surface area contributed by atoms with Crippen molar-refractivity contribution in [3.05, 3.63) is 41.2 Å². The number of benzene rings is 1. The topological polar surface area (TPSA) is 115 Å². The zero-order valence-electron chi connectivity index (χ0n) is 13.9. The van der Waals surface area contributed by atoms with Gasteiger partial charge < -0.3 is 20.7 Å². The van der Waals surface area contributed by atoms with Crippen LogP contribution in [0.15, 0.2) is 41.2 Å². The molecule has 2 atom stereocenters. The van der Waals surface area contributed by atoms with Crippen molar-refractivity contribution in [1.82, 2.24) is 15.2 Å². The summed E-state index contributed by atoms with van der Waals surface area (Å²) in [5, 5.41) is 15.6. The fourth-order valence-corrected chi connectivity index (χ4v) is 4.70. The molecule has 0 bridgehead atoms. The van der Waals surface area contributed by atoms with Gasteiger partial charge in [0.15, 0.2) is 0 Å². The number of carboxylic acids is 1. The summed E-state index contributed by atoms with van der Waals surface area (Å²) < 4.78 is 0. The summed E-state index contributed by atoms with van der Waals surface area (Å²) in [6, 6.07) is 6.85. The van der Waals surface area contributed by atoms with Crippen LogP contribution in [0.2, 0.25) is 0 Å². The van der Waals surface area contributed by atoms with Gasteiger partial charge in [0.05, 0.1) is 11.6 Å². The molecule has 1 aromatic heterocycles. The van der Waals surface area contributed by atoms with Crippen molar-refractivity contribution in [2.24, 2.45) is 0 Å². The van der Waals surface area contributed by atoms with Gasteiger partial charge in [-0.15, -0.1) is 11.8 Å². The summed E-state index contributed by atoms with van der Waals surface area (Å²) in [4.78, 5) is 40.1. The monoisotopic (exact) mass is 406 g/mol. The Morgan fingerprint density at radius 3 is 2.96 bits per heavy atom. The van der Waals surface area contributed by atoms with E-state index in [2.05, 4.69) is 15.6 Å². The summed E-state index contributed by atoms with van der Waals surface area (Å²) in [6.45, 7) is -0.000517. The number of rotatable bonds is 5. The number of anilines is 1. The predicted molar refractivity (Wildman–Crippen MR) is 102 cm³/mol. The van der Waals surface area contributed by atoms with Gasteiger partial charge in [0.2, 0.25) is 5.91 Å². The van der Waals surface area contributed by atoms with Crippen LogP contribution in [0.5, 0.6) is 0 Å². The lowest BCUT2D eigenvalue weighted by Crippen LogP contribution is -2.70. The van der Waals surface area contributed by atoms with Crippen molar-refractivity contribution in [2.75, 3.05) is 17.6 Å². The first-order chi connectivity index (χ1) is 13.0. The Morgan fingerprint density at radius 2 is 2.19 bits per heavy atom. The number of β-lactam (4-membered cyclic amide) rings is 1. The number of fused-ring (bicyclic) bond motifs is 2. The van der Waals surface area contributed by atoms with Crippen LogP contribution in [0.3, 0.4) is 0 Å². The number of amides is 2. The number of nitrogens with zero attached hydrogens (tertiary/aromatic N) is 1. The normalized spacial score (nSPS) is 21.7. The van der Waals surface area contributed by atoms with E-state index in [0.717, 1.165) is 21.5 Å². The van der Waals surface area contributed by atoms with Gasteiger partial charge in [0.1, 0.15) is 17.1 Å². The lowest BCUT2D eigenvalue weighted by Gasteiger charge is -2.48. The number of carbonyl (C=O) groups excluding carboxylic acids is 2. The number of carboxylic acid groups (broad SMARTS) is 1. The predicted octanol–water partition coefficient (Wildman–Crippen LogP) is 1.51. The third-order valence-electron chi connectivity index (χ3n) is 4.45. The highest BCUT2D eigenvalue weighted by atomic mass is 35.5. The van der Waals surface area contributed by atoms with Crippen LogP contribution in [-0.2, 0) is 14.4 Å². The first-order valence-electron chi connectivity index (χ1n) is 8.12. The van der Waals surface area contributed by atoms with E-state index in [4.69, 9.17) is 11.6 Å². The van der Waals surface area contributed by atoms with Crippen molar-refractivity contribution in [3.63, 3.8) is 0 Å². The maximum Gasteiger partial charge on any atom is 0.353 e. The van der Waals surface area contributed by atoms with Gasteiger partial charge in [-0.1, -0.05) is 11.6 Å². The molecule has 1 aromatic carbocycles. The van der Waals surface area contributed by atoms with E-state index in [1.165, 1.54) is 11.8 Å². The summed E-state index contributed by atoms with van der Waals surface area (Å²) in [7, 11) is 0. The largest absolute Gasteiger partial charge is 0.477 e. The summed E-state index contributed by atoms with van der Waals surface area (Å²) in [6.07, 6.45) is 1.84. The van der Waals surface area contributed by atoms with Crippen LogP contribution in [0.4, 0.5) is 5.69 Å². The van der Waals surface area contributed by atoms with E-state index in [9.17, 15) is 19.5 Å². The highest BCUT2D eigenvalue weighted by Gasteiger charge is 2.54. The maximum atomic E-state index is 12.3. The second-order valence-corrected chi connectivity index (χ2v) is 7.71. The highest BCUT2D eigenvalue weighted by Crippen LogP contribution is 2.41. The molecule has 0 saturated carbocycles. The third kappa shape index (κ3) is 3.13. The lowest BCUT2D eigenvalue weighted by molar-refractivity contribution is -0.150. The number of H-pyrrole nitrogens is 1. The van der Waals surface area contributed by atoms with Crippen molar-refractivity contribution in [3.8, 4) is 0 Å². The minimum atomic E-state index is -1.25. The van der Waals surface area contributed by atoms with E-state index in [-0.39, 0.29) is 23.2 Å². The van der Waals surface area contributed by atoms with Gasteiger partial charge in [-0.2, -0.15) is 0 Å². The molecule has 27 heavy (non-hydrogen) atoms. The number of hydrogen-bond donors (Lipinski definition) is 4. The van der Waals surface area contributed by atoms with Gasteiger partial charge >= 0.3 is 5.97 Å². The Bertz CT molecular complexity index is 988. The van der Waals surface area contributed by atoms with Gasteiger partial charge in [-0.25, -0.2) is 4.79 Å². The number of aromatic nitrogens is 1. The molecule has 10 heteroatoms. The van der Waals surface area contributed by atoms with E-state index in [1.54, 1.807) is 0 Å². The molecule has 1 fully saturated rings. The second kappa shape index (κ2) is 6.82. The zero-order valence-corrected chi connectivity index (χ0v) is 15.4. The number of carbonyl (C=O) groups is 3. The third-order valence-corrected chi connectivity index (χ3v) is 6.20. The molecule has 2 amide bonds. The molecule has 0 spiro atoms. The quantitative estimate of drug-likeness (QED) is 0.560. The fraction of sp³-hybridized carbons (Fsp3) is 0.235. The van der Waals surface area contributed by atoms with Crippen LogP contribution in [0.25, 0.3) is 10.9 Å². The van der Waals surface area contributed by atoms with Gasteiger partial charge in [-0.05, 0) is 24.3 Å². The minimum Gasteiger partial charge on any atom is -0.477 e. The van der Waals surface area contributed by atoms with Crippen LogP contribution in [0, 0.1) is 0 Å². The molecule has 0 radical (unpaired) electrons. The molecule has 8 nitrogen and oxygen atoms in total. The smallest absolute Gasteiger partial charge is 0.353 e. The molecular weight excluding hydrogens is 392 g/mol. The Hall–Kier alpha value is -2.65. The lowest BCUT2D eigenvalue weighted by atomic mass is 10.1. The fourth-order valence-electron chi connectivity index (χ4n) is 3.15. The van der Waals surface area contributed by atoms with E-state index in [1.807, 2.05) is 30.5 Å². The molecule has 1 unspecified atom stereocenters. The first kappa shape index (κ1) is 17.7. The molecule has 140 valence electrons. The first-order valence-corrected chi connectivity index (χ1v) is 9.55. The Balaban J connectivity index is 1.36.